The molecule has 0 atom stereocenters. The Morgan fingerprint density at radius 1 is 0.885 bits per heavy atom. The van der Waals surface area contributed by atoms with Gasteiger partial charge in [-0.1, -0.05) is 25.1 Å². The van der Waals surface area contributed by atoms with Crippen LogP contribution in [0.4, 0.5) is 35.1 Å². The summed E-state index contributed by atoms with van der Waals surface area (Å²) in [5.41, 5.74) is -8.57. The maximum Gasteiger partial charge on any atom is 0.435 e. The van der Waals surface area contributed by atoms with Gasteiger partial charge in [-0.15, -0.1) is 0 Å². The van der Waals surface area contributed by atoms with E-state index in [4.69, 9.17) is 0 Å². The van der Waals surface area contributed by atoms with Gasteiger partial charge in [-0.2, -0.15) is 26.3 Å². The molecule has 0 aromatic heterocycles. The van der Waals surface area contributed by atoms with Gasteiger partial charge >= 0.3 is 18.0 Å². The lowest BCUT2D eigenvalue weighted by Crippen LogP contribution is -2.50. The van der Waals surface area contributed by atoms with Gasteiger partial charge in [0, 0.05) is 14.7 Å². The van der Waals surface area contributed by atoms with E-state index in [1.54, 1.807) is 0 Å². The molecule has 0 bridgehead atoms. The second kappa shape index (κ2) is 6.97. The summed E-state index contributed by atoms with van der Waals surface area (Å²) in [6, 6.07) is 6.15. The topological polar surface area (TPSA) is 0 Å². The molecule has 0 aliphatic rings. The Hall–Kier alpha value is -1.39. The molecular weight excluding hydrogens is 483 g/mol. The van der Waals surface area contributed by atoms with Gasteiger partial charge in [0.05, 0.1) is 0 Å². The third kappa shape index (κ3) is 3.41. The fourth-order valence-electron chi connectivity index (χ4n) is 2.66. The molecule has 2 aromatic carbocycles. The van der Waals surface area contributed by atoms with Gasteiger partial charge < -0.3 is 0 Å². The zero-order valence-electron chi connectivity index (χ0n) is 13.1. The molecule has 26 heavy (non-hydrogen) atoms. The predicted octanol–water partition coefficient (Wildman–Crippen LogP) is 6.95. The third-order valence-electron chi connectivity index (χ3n) is 3.86. The minimum absolute atomic E-state index is 0.0146. The third-order valence-corrected chi connectivity index (χ3v) is 4.48. The molecule has 0 radical (unpaired) electrons. The van der Waals surface area contributed by atoms with Crippen LogP contribution < -0.4 is 0 Å². The van der Waals surface area contributed by atoms with Crippen molar-refractivity contribution in [3.05, 3.63) is 56.9 Å². The molecule has 0 saturated heterocycles. The molecule has 0 unspecified atom stereocenters. The van der Waals surface area contributed by atoms with Crippen molar-refractivity contribution in [1.82, 2.24) is 0 Å². The monoisotopic (exact) mass is 494 g/mol. The first-order valence-corrected chi connectivity index (χ1v) is 8.32. The Morgan fingerprint density at radius 3 is 1.88 bits per heavy atom. The average molecular weight is 494 g/mol. The van der Waals surface area contributed by atoms with Crippen LogP contribution in [0.15, 0.2) is 36.4 Å². The Morgan fingerprint density at radius 2 is 1.42 bits per heavy atom. The number of halogens is 9. The van der Waals surface area contributed by atoms with E-state index in [1.165, 1.54) is 47.7 Å². The highest BCUT2D eigenvalue weighted by molar-refractivity contribution is 14.1. The highest BCUT2D eigenvalue weighted by atomic mass is 127. The molecule has 0 aliphatic heterocycles. The maximum absolute atomic E-state index is 14.7. The molecule has 0 spiro atoms. The summed E-state index contributed by atoms with van der Waals surface area (Å²) in [5.74, 6) is -1.05. The molecule has 2 rings (SSSR count). The van der Waals surface area contributed by atoms with Gasteiger partial charge in [0.2, 0.25) is 0 Å². The van der Waals surface area contributed by atoms with Gasteiger partial charge in [-0.3, -0.25) is 0 Å². The van der Waals surface area contributed by atoms with Crippen molar-refractivity contribution in [3.8, 4) is 11.1 Å². The number of hydrogen-bond donors (Lipinski definition) is 0. The van der Waals surface area contributed by atoms with Crippen LogP contribution in [-0.2, 0) is 12.1 Å². The number of benzene rings is 2. The van der Waals surface area contributed by atoms with E-state index >= 15 is 0 Å². The molecular formula is C17H11F8I. The van der Waals surface area contributed by atoms with Crippen LogP contribution in [0.3, 0.4) is 0 Å². The van der Waals surface area contributed by atoms with Crippen LogP contribution in [0.5, 0.6) is 0 Å². The van der Waals surface area contributed by atoms with Crippen molar-refractivity contribution in [1.29, 1.82) is 0 Å². The van der Waals surface area contributed by atoms with E-state index in [1.807, 2.05) is 0 Å². The molecule has 142 valence electrons. The van der Waals surface area contributed by atoms with Gasteiger partial charge in [-0.05, 0) is 58.3 Å². The summed E-state index contributed by atoms with van der Waals surface area (Å²) >= 11 is 1.50. The highest BCUT2D eigenvalue weighted by Gasteiger charge is 2.74. The summed E-state index contributed by atoms with van der Waals surface area (Å²) in [6.45, 7) is 1.47. The maximum atomic E-state index is 14.7. The SMILES string of the molecule is CCc1cc(I)cc(C(F)(C(F)(F)F)C(F)(F)F)c1-c1ccccc1F. The van der Waals surface area contributed by atoms with Gasteiger partial charge in [0.25, 0.3) is 0 Å². The molecule has 0 saturated carbocycles. The van der Waals surface area contributed by atoms with Crippen LogP contribution in [0, 0.1) is 9.39 Å². The molecule has 0 aliphatic carbocycles. The molecule has 0 amide bonds. The second-order valence-corrected chi connectivity index (χ2v) is 6.72. The van der Waals surface area contributed by atoms with Crippen molar-refractivity contribution in [3.63, 3.8) is 0 Å². The minimum atomic E-state index is -6.28. The van der Waals surface area contributed by atoms with Crippen LogP contribution in [-0.4, -0.2) is 12.4 Å². The summed E-state index contributed by atoms with van der Waals surface area (Å²) < 4.78 is 108. The van der Waals surface area contributed by atoms with E-state index in [-0.39, 0.29) is 15.6 Å². The van der Waals surface area contributed by atoms with Crippen LogP contribution >= 0.6 is 22.6 Å². The first kappa shape index (κ1) is 20.9. The number of hydrogen-bond acceptors (Lipinski definition) is 0. The van der Waals surface area contributed by atoms with Crippen molar-refractivity contribution < 1.29 is 35.1 Å². The first-order valence-electron chi connectivity index (χ1n) is 7.24. The lowest BCUT2D eigenvalue weighted by Gasteiger charge is -2.33. The van der Waals surface area contributed by atoms with Crippen LogP contribution in [0.25, 0.3) is 11.1 Å². The zero-order chi connectivity index (χ0) is 19.9. The van der Waals surface area contributed by atoms with Gasteiger partial charge in [0.15, 0.2) is 0 Å². The minimum Gasteiger partial charge on any atom is -0.218 e. The van der Waals surface area contributed by atoms with E-state index in [2.05, 4.69) is 0 Å². The Bertz CT molecular complexity index is 793. The van der Waals surface area contributed by atoms with E-state index in [0.717, 1.165) is 12.1 Å². The van der Waals surface area contributed by atoms with Crippen molar-refractivity contribution in [2.75, 3.05) is 0 Å². The molecule has 0 heterocycles. The molecule has 9 heteroatoms. The molecule has 0 fully saturated rings. The summed E-state index contributed by atoms with van der Waals surface area (Å²) in [4.78, 5) is 0. The smallest absolute Gasteiger partial charge is 0.218 e. The molecule has 2 aromatic rings. The Balaban J connectivity index is 3.01. The lowest BCUT2D eigenvalue weighted by molar-refractivity contribution is -0.348. The predicted molar refractivity (Wildman–Crippen MR) is 88.8 cm³/mol. The van der Waals surface area contributed by atoms with E-state index in [0.29, 0.717) is 6.07 Å². The normalized spacial score (nSPS) is 13.2. The number of rotatable bonds is 3. The first-order chi connectivity index (χ1) is 11.8. The summed E-state index contributed by atoms with van der Waals surface area (Å²) in [6.07, 6.45) is -12.6. The Kier molecular flexibility index (Phi) is 5.61. The summed E-state index contributed by atoms with van der Waals surface area (Å²) in [7, 11) is 0. The molecule has 0 nitrogen and oxygen atoms in total. The lowest BCUT2D eigenvalue weighted by atomic mass is 9.83. The van der Waals surface area contributed by atoms with E-state index in [9.17, 15) is 35.1 Å². The van der Waals surface area contributed by atoms with Crippen molar-refractivity contribution in [2.45, 2.75) is 31.4 Å². The standard InChI is InChI=1S/C17H11F8I/c1-2-9-7-10(26)8-12(14(9)11-5-3-4-6-13(11)18)15(19,16(20,21)22)17(23,24)25/h3-8H,2H2,1H3. The fraction of sp³-hybridized carbons (Fsp3) is 0.294. The van der Waals surface area contributed by atoms with Gasteiger partial charge in [-0.25, -0.2) is 8.78 Å². The Labute approximate surface area is 157 Å². The fourth-order valence-corrected chi connectivity index (χ4v) is 3.35. The number of aryl methyl sites for hydroxylation is 1. The van der Waals surface area contributed by atoms with Crippen molar-refractivity contribution in [2.24, 2.45) is 0 Å². The van der Waals surface area contributed by atoms with Crippen LogP contribution in [0.1, 0.15) is 18.1 Å². The largest absolute Gasteiger partial charge is 0.435 e. The van der Waals surface area contributed by atoms with Crippen molar-refractivity contribution >= 4 is 22.6 Å². The number of alkyl halides is 7. The zero-order valence-corrected chi connectivity index (χ0v) is 15.2. The highest BCUT2D eigenvalue weighted by Crippen LogP contribution is 2.56. The van der Waals surface area contributed by atoms with E-state index < -0.39 is 40.5 Å². The van der Waals surface area contributed by atoms with Crippen LogP contribution in [0.2, 0.25) is 0 Å². The second-order valence-electron chi connectivity index (χ2n) is 5.47. The average Bonchev–Trinajstić information content (AvgIpc) is 2.52. The quantitative estimate of drug-likeness (QED) is 0.320. The summed E-state index contributed by atoms with van der Waals surface area (Å²) in [5, 5.41) is 0. The molecule has 0 N–H and O–H groups in total. The van der Waals surface area contributed by atoms with Gasteiger partial charge in [0.1, 0.15) is 5.82 Å².